The van der Waals surface area contributed by atoms with Crippen LogP contribution >= 0.6 is 0 Å². The SMILES string of the molecule is c1ccc(-c2nc(-n3c4ccc(-c5ccc6c7ccccc7n(-c7ccccc7)c6c5)cc4c4ncccc43)nc3ccccc23)cc1.c1ccc(-n2c3ccccc3c3ccc(-c4ccc5c(c4)c4ncccc4n5-c4ccc(-c5cc(-c6ccccn6)nc(-c6ccccn6)c5)cc4)cc32)cc1.c1ccc(-n2c3ccccc3c3ccc(-c4cnc5c(c4)c4ccccc4n5-c4ccccc4)cc32)cc1. The third-order valence-electron chi connectivity index (χ3n) is 27.6. The van der Waals surface area contributed by atoms with Crippen molar-refractivity contribution in [3.63, 3.8) is 0 Å². The molecule has 0 bridgehead atoms. The molecule has 13 heterocycles. The minimum Gasteiger partial charge on any atom is -0.309 e. The fraction of sp³-hybridized carbons (Fsp3) is 0. The summed E-state index contributed by atoms with van der Waals surface area (Å²) in [5, 5.41) is 13.0. The van der Waals surface area contributed by atoms with Gasteiger partial charge in [0.25, 0.3) is 0 Å². The maximum atomic E-state index is 5.21. The summed E-state index contributed by atoms with van der Waals surface area (Å²) < 4.78 is 13.8. The molecule has 0 aliphatic heterocycles. The van der Waals surface area contributed by atoms with Crippen LogP contribution in [-0.2, 0) is 0 Å². The molecule has 0 N–H and O–H groups in total. The lowest BCUT2D eigenvalue weighted by Crippen LogP contribution is -2.03. The first-order valence-electron chi connectivity index (χ1n) is 47.7. The molecule has 0 saturated carbocycles. The summed E-state index contributed by atoms with van der Waals surface area (Å²) in [7, 11) is 0. The van der Waals surface area contributed by atoms with Crippen LogP contribution in [0.2, 0.25) is 0 Å². The van der Waals surface area contributed by atoms with Gasteiger partial charge in [-0.2, -0.15) is 0 Å². The second kappa shape index (κ2) is 34.4. The Morgan fingerprint density at radius 1 is 0.155 bits per heavy atom. The van der Waals surface area contributed by atoms with Crippen molar-refractivity contribution < 1.29 is 0 Å². The highest BCUT2D eigenvalue weighted by Crippen LogP contribution is 2.45. The van der Waals surface area contributed by atoms with E-state index in [2.05, 4.69) is 432 Å². The van der Waals surface area contributed by atoms with Crippen LogP contribution in [0.5, 0.6) is 0 Å². The van der Waals surface area contributed by atoms with E-state index in [0.717, 1.165) is 178 Å². The average Bonchev–Trinajstić information content (AvgIpc) is 1.58. The van der Waals surface area contributed by atoms with Crippen LogP contribution in [-0.4, -0.2) is 67.3 Å². The van der Waals surface area contributed by atoms with Gasteiger partial charge in [-0.05, 0) is 239 Å². The molecule has 0 unspecified atom stereocenters. The lowest BCUT2D eigenvalue weighted by molar-refractivity contribution is 1.01. The Kier molecular flexibility index (Phi) is 19.9. The van der Waals surface area contributed by atoms with Crippen molar-refractivity contribution in [1.29, 1.82) is 0 Å². The number of aromatic nitrogens is 14. The van der Waals surface area contributed by atoms with Gasteiger partial charge in [0.1, 0.15) is 5.65 Å². The maximum absolute atomic E-state index is 5.21. The van der Waals surface area contributed by atoms with E-state index in [-0.39, 0.29) is 0 Å². The van der Waals surface area contributed by atoms with Gasteiger partial charge in [-0.25, -0.2) is 19.9 Å². The molecule has 29 rings (SSSR count). The molecule has 0 saturated heterocycles. The third-order valence-corrected chi connectivity index (χ3v) is 27.6. The third kappa shape index (κ3) is 14.1. The lowest BCUT2D eigenvalue weighted by atomic mass is 10.0. The van der Waals surface area contributed by atoms with E-state index in [0.29, 0.717) is 5.95 Å². The molecule has 16 aromatic carbocycles. The summed E-state index contributed by atoms with van der Waals surface area (Å²) in [5.74, 6) is 0.627. The van der Waals surface area contributed by atoms with Crippen LogP contribution < -0.4 is 0 Å². The van der Waals surface area contributed by atoms with Crippen molar-refractivity contribution >= 4 is 142 Å². The summed E-state index contributed by atoms with van der Waals surface area (Å²) in [6.45, 7) is 0. The average molecular weight is 1820 g/mol. The molecule has 0 atom stereocenters. The topological polar surface area (TPSA) is 133 Å². The Morgan fingerprint density at radius 2 is 0.493 bits per heavy atom. The zero-order valence-electron chi connectivity index (χ0n) is 76.6. The number of nitrogens with zero attached hydrogens (tertiary/aromatic N) is 14. The predicted octanol–water partition coefficient (Wildman–Crippen LogP) is 31.6. The molecule has 142 heavy (non-hydrogen) atoms. The lowest BCUT2D eigenvalue weighted by Gasteiger charge is -2.12. The van der Waals surface area contributed by atoms with Gasteiger partial charge in [-0.15, -0.1) is 0 Å². The molecule has 0 amide bonds. The largest absolute Gasteiger partial charge is 0.309 e. The molecule has 29 aromatic rings. The van der Waals surface area contributed by atoms with Gasteiger partial charge in [0.05, 0.1) is 106 Å². The van der Waals surface area contributed by atoms with Gasteiger partial charge in [0.2, 0.25) is 5.95 Å². The number of hydrogen-bond acceptors (Lipinski definition) is 8. The fourth-order valence-electron chi connectivity index (χ4n) is 21.2. The van der Waals surface area contributed by atoms with E-state index in [4.69, 9.17) is 29.9 Å². The van der Waals surface area contributed by atoms with Gasteiger partial charge in [0.15, 0.2) is 0 Å². The zero-order valence-corrected chi connectivity index (χ0v) is 76.6. The number of hydrogen-bond donors (Lipinski definition) is 0. The van der Waals surface area contributed by atoms with E-state index in [1.807, 2.05) is 91.4 Å². The summed E-state index contributed by atoms with van der Waals surface area (Å²) in [5.41, 5.74) is 36.1. The Hall–Kier alpha value is -19.4. The van der Waals surface area contributed by atoms with E-state index < -0.39 is 0 Å². The monoisotopic (exact) mass is 1810 g/mol. The first kappa shape index (κ1) is 82.1. The number of para-hydroxylation sites is 9. The van der Waals surface area contributed by atoms with Gasteiger partial charge in [-0.1, -0.05) is 267 Å². The van der Waals surface area contributed by atoms with Crippen molar-refractivity contribution in [3.8, 4) is 113 Å². The fourth-order valence-corrected chi connectivity index (χ4v) is 21.2. The maximum Gasteiger partial charge on any atom is 0.235 e. The molecule has 13 aromatic heterocycles. The molecule has 0 fully saturated rings. The number of rotatable bonds is 13. The van der Waals surface area contributed by atoms with Crippen molar-refractivity contribution in [2.45, 2.75) is 0 Å². The minimum atomic E-state index is 0.627. The van der Waals surface area contributed by atoms with Gasteiger partial charge in [-0.3, -0.25) is 29.1 Å². The van der Waals surface area contributed by atoms with E-state index in [1.165, 1.54) is 70.8 Å². The van der Waals surface area contributed by atoms with Gasteiger partial charge < -0.3 is 18.3 Å². The Bertz CT molecular complexity index is 9910. The van der Waals surface area contributed by atoms with Crippen molar-refractivity contribution in [2.75, 3.05) is 0 Å². The summed E-state index contributed by atoms with van der Waals surface area (Å²) >= 11 is 0. The number of pyridine rings is 6. The van der Waals surface area contributed by atoms with E-state index >= 15 is 0 Å². The molecule has 0 aliphatic carbocycles. The minimum absolute atomic E-state index is 0.627. The van der Waals surface area contributed by atoms with Crippen molar-refractivity contribution in [1.82, 2.24) is 67.3 Å². The van der Waals surface area contributed by atoms with Gasteiger partial charge in [0, 0.05) is 130 Å². The Labute approximate surface area is 814 Å². The number of fused-ring (bicyclic) bond motifs is 19. The molecule has 14 nitrogen and oxygen atoms in total. The highest BCUT2D eigenvalue weighted by atomic mass is 15.2. The van der Waals surface area contributed by atoms with Crippen LogP contribution in [0.15, 0.2) is 498 Å². The molecular weight excluding hydrogens is 1730 g/mol. The quantitative estimate of drug-likeness (QED) is 0.111. The van der Waals surface area contributed by atoms with Crippen molar-refractivity contribution in [2.24, 2.45) is 0 Å². The summed E-state index contributed by atoms with van der Waals surface area (Å²) in [4.78, 5) is 39.3. The van der Waals surface area contributed by atoms with Crippen LogP contribution in [0.4, 0.5) is 0 Å². The first-order valence-corrected chi connectivity index (χ1v) is 47.7. The molecule has 0 radical (unpaired) electrons. The van der Waals surface area contributed by atoms with Crippen LogP contribution in [0.1, 0.15) is 0 Å². The smallest absolute Gasteiger partial charge is 0.235 e. The van der Waals surface area contributed by atoms with Crippen molar-refractivity contribution in [3.05, 3.63) is 498 Å². The predicted molar refractivity (Wildman–Crippen MR) is 583 cm³/mol. The second-order valence-electron chi connectivity index (χ2n) is 35.8. The van der Waals surface area contributed by atoms with Crippen LogP contribution in [0.3, 0.4) is 0 Å². The van der Waals surface area contributed by atoms with Crippen LogP contribution in [0, 0.1) is 0 Å². The number of benzene rings is 16. The molecule has 14 heteroatoms. The summed E-state index contributed by atoms with van der Waals surface area (Å²) in [6.07, 6.45) is 9.35. The van der Waals surface area contributed by atoms with E-state index in [1.54, 1.807) is 12.4 Å². The highest BCUT2D eigenvalue weighted by molar-refractivity contribution is 6.16. The van der Waals surface area contributed by atoms with Gasteiger partial charge >= 0.3 is 0 Å². The Morgan fingerprint density at radius 3 is 0.972 bits per heavy atom. The Balaban J connectivity index is 0.000000108. The van der Waals surface area contributed by atoms with E-state index in [9.17, 15) is 0 Å². The molecule has 0 spiro atoms. The summed E-state index contributed by atoms with van der Waals surface area (Å²) in [6, 6.07) is 164. The molecule has 0 aliphatic rings. The standard InChI is InChI=1S/C50H32N6.C43H27N5.C35H23N3/c1-2-11-37(12-3-1)56-46-16-5-4-13-39(46)40-24-20-35(32-49(40)56)34-21-25-47-41(29-34)50-48(17-10-28-53-50)55(47)38-22-18-33(19-23-38)36-30-44(42-14-6-8-26-51-42)54-45(31-36)43-15-7-9-27-52-43;1-3-12-28(13-4-1)41-34-17-7-9-18-36(34)45-43(46-41)48-38-24-22-29(26-35(38)42-39(48)20-11-25-44-42)30-21-23-33-32-16-8-10-19-37(32)47(40(33)27-30)31-14-5-2-6-15-31;1-3-11-26(12-4-1)37-32-17-9-7-15-28(32)30-20-19-24(22-34(30)37)25-21-31-29-16-8-10-18-33(29)38(35(31)36-23-25)27-13-5-2-6-14-27/h1-32H;1-27H;1-23H. The van der Waals surface area contributed by atoms with Crippen LogP contribution in [0.25, 0.3) is 255 Å². The molecule has 664 valence electrons. The molecular formula is C128H82N14. The zero-order chi connectivity index (χ0) is 93.7. The highest BCUT2D eigenvalue weighted by Gasteiger charge is 2.25. The normalized spacial score (nSPS) is 11.7. The second-order valence-corrected chi connectivity index (χ2v) is 35.8. The first-order chi connectivity index (χ1) is 70.4.